The fourth-order valence-corrected chi connectivity index (χ4v) is 12.7. The number of aromatic hydroxyl groups is 2. The zero-order valence-corrected chi connectivity index (χ0v) is 60.8. The van der Waals surface area contributed by atoms with Gasteiger partial charge in [0.05, 0.1) is 35.2 Å². The van der Waals surface area contributed by atoms with E-state index in [9.17, 15) is 63.0 Å². The molecule has 2 aliphatic carbocycles. The van der Waals surface area contributed by atoms with E-state index in [-0.39, 0.29) is 220 Å². The van der Waals surface area contributed by atoms with E-state index >= 15 is 0 Å². The molecule has 2 amide bonds. The van der Waals surface area contributed by atoms with Crippen molar-refractivity contribution < 1.29 is 192 Å². The number of carbonyl (C=O) groups excluding carboxylic acids is 3. The van der Waals surface area contributed by atoms with Gasteiger partial charge in [-0.25, -0.2) is 45.6 Å². The number of hydrogen-bond acceptors (Lipinski definition) is 19. The summed E-state index contributed by atoms with van der Waals surface area (Å²) in [4.78, 5) is 46.8. The van der Waals surface area contributed by atoms with Crippen molar-refractivity contribution >= 4 is 68.2 Å². The van der Waals surface area contributed by atoms with Crippen molar-refractivity contribution in [1.82, 2.24) is 44.3 Å². The standard InChI is InChI=1S/C28H32F3N5O5S.C21H18ClF3N4O5S.C7H15N.CH2O3.ClH.2K.H/c1-18-16-26(2,3)35(17-18)24-19(25(38)34-42(39,40)21-7-5-4-6-20(21)37)8-9-22(32-24)36-14-10-23(33-36)41-15-13-27(11-12-27)28(29,30)31;22-18-13(19(31)28-35(32,33)15-4-2-1-3-14(15)30)5-6-16(26-18)29-11-7-17(27-29)34-12-10-20(8-9-20)21(23,24)25;1-6-4-7(2,3)8-5-6;2-1-4-3;;;;/h4-10,14,18,37H,11-13,15-17H2,1-3H3,(H,34,38);1-7,11,30H,8-10,12H2,(H,28,31);6,8H,4-5H2,1-3H3;1,3H;1H;;;/q;;;;;2*+1;-1/p-1/t18-;;6-;;;;;/m0.0...../s1. The minimum atomic E-state index is -4.40. The van der Waals surface area contributed by atoms with Crippen molar-refractivity contribution in [3.63, 3.8) is 0 Å². The van der Waals surface area contributed by atoms with Gasteiger partial charge in [0, 0.05) is 42.1 Å². The molecule has 4 fully saturated rings. The van der Waals surface area contributed by atoms with Crippen LogP contribution in [0.25, 0.3) is 11.6 Å². The Morgan fingerprint density at radius 2 is 1.13 bits per heavy atom. The van der Waals surface area contributed by atoms with Crippen LogP contribution in [0.1, 0.15) is 115 Å². The van der Waals surface area contributed by atoms with Gasteiger partial charge in [-0.05, 0) is 146 Å². The van der Waals surface area contributed by atoms with Crippen LogP contribution in [-0.2, 0) is 29.7 Å². The number of halogens is 8. The number of carbonyl (C=O) groups is 3. The number of anilines is 1. The van der Waals surface area contributed by atoms with Gasteiger partial charge in [-0.1, -0.05) is 49.7 Å². The van der Waals surface area contributed by atoms with Crippen LogP contribution >= 0.6 is 24.0 Å². The van der Waals surface area contributed by atoms with E-state index < -0.39 is 81.9 Å². The van der Waals surface area contributed by atoms with Gasteiger partial charge in [-0.2, -0.15) is 26.3 Å². The Morgan fingerprint density at radius 1 is 0.707 bits per heavy atom. The van der Waals surface area contributed by atoms with Gasteiger partial charge in [0.2, 0.25) is 11.8 Å². The second-order valence-electron chi connectivity index (χ2n) is 23.3. The number of nitrogens with one attached hydrogen (secondary N) is 3. The Balaban J connectivity index is 0.000000400. The molecule has 5 N–H and O–H groups in total. The maximum absolute atomic E-state index is 13.4. The number of phenolic OH excluding ortho intramolecular Hbond substituents is 2. The van der Waals surface area contributed by atoms with Gasteiger partial charge in [0.1, 0.15) is 32.3 Å². The average molecular weight is 1430 g/mol. The fourth-order valence-electron chi connectivity index (χ4n) is 10.3. The molecule has 6 heterocycles. The van der Waals surface area contributed by atoms with Gasteiger partial charge >= 0.3 is 115 Å². The van der Waals surface area contributed by atoms with E-state index in [4.69, 9.17) is 31.1 Å². The van der Waals surface area contributed by atoms with E-state index in [0.717, 1.165) is 24.5 Å². The molecule has 6 aromatic rings. The molecule has 23 nitrogen and oxygen atoms in total. The van der Waals surface area contributed by atoms with Gasteiger partial charge in [-0.15, -0.1) is 22.6 Å². The molecule has 10 rings (SSSR count). The van der Waals surface area contributed by atoms with Crippen LogP contribution in [0.2, 0.25) is 5.15 Å². The second kappa shape index (κ2) is 32.7. The molecule has 0 unspecified atom stereocenters. The number of nitrogens with zero attached hydrogens (tertiary/aromatic N) is 7. The number of rotatable bonds is 18. The Hall–Kier alpha value is -4.18. The van der Waals surface area contributed by atoms with Crippen molar-refractivity contribution in [1.29, 1.82) is 0 Å². The summed E-state index contributed by atoms with van der Waals surface area (Å²) >= 11 is 6.08. The Kier molecular flexibility index (Phi) is 28.5. The first-order chi connectivity index (χ1) is 41.5. The summed E-state index contributed by atoms with van der Waals surface area (Å²) in [6, 6.07) is 18.8. The van der Waals surface area contributed by atoms with E-state index in [1.54, 1.807) is 0 Å². The molecule has 2 saturated carbocycles. The third-order valence-electron chi connectivity index (χ3n) is 15.3. The summed E-state index contributed by atoms with van der Waals surface area (Å²) in [6.07, 6.45) is -3.36. The van der Waals surface area contributed by atoms with Crippen LogP contribution in [0.4, 0.5) is 32.2 Å². The summed E-state index contributed by atoms with van der Waals surface area (Å²) < 4.78 is 147. The van der Waals surface area contributed by atoms with Crippen LogP contribution in [0, 0.1) is 22.7 Å². The van der Waals surface area contributed by atoms with E-state index in [0.29, 0.717) is 17.9 Å². The number of pyridine rings is 2. The Labute approximate surface area is 625 Å². The van der Waals surface area contributed by atoms with E-state index in [2.05, 4.69) is 58.1 Å². The summed E-state index contributed by atoms with van der Waals surface area (Å²) in [5.41, 5.74) is -3.58. The van der Waals surface area contributed by atoms with Crippen molar-refractivity contribution in [3.8, 4) is 34.9 Å². The largest absolute Gasteiger partial charge is 1.00 e. The summed E-state index contributed by atoms with van der Waals surface area (Å²) in [5, 5.41) is 39.7. The Bertz CT molecular complexity index is 3760. The summed E-state index contributed by atoms with van der Waals surface area (Å²) in [7, 11) is -8.78. The first-order valence-electron chi connectivity index (χ1n) is 27.7. The van der Waals surface area contributed by atoms with E-state index in [1.807, 2.05) is 28.2 Å². The number of benzene rings is 2. The molecule has 2 saturated heterocycles. The van der Waals surface area contributed by atoms with Crippen LogP contribution in [0.5, 0.6) is 23.3 Å². The van der Waals surface area contributed by atoms with Gasteiger partial charge < -0.3 is 41.5 Å². The van der Waals surface area contributed by atoms with Crippen LogP contribution in [-0.4, -0.2) is 125 Å². The van der Waals surface area contributed by atoms with E-state index in [1.165, 1.54) is 108 Å². The summed E-state index contributed by atoms with van der Waals surface area (Å²) in [6.45, 7) is 14.2. The first kappa shape index (κ1) is 80.3. The molecule has 92 heavy (non-hydrogen) atoms. The second-order valence-corrected chi connectivity index (χ2v) is 27.0. The minimum Gasteiger partial charge on any atom is -1.00 e. The molecular formula is C57H68Cl2F6K2N10O13S2. The molecule has 4 aromatic heterocycles. The molecule has 35 heteroatoms. The molecule has 0 radical (unpaired) electrons. The topological polar surface area (TPSA) is 311 Å². The molecule has 0 bridgehead atoms. The number of amides is 2. The van der Waals surface area contributed by atoms with Crippen LogP contribution in [0.3, 0.4) is 0 Å². The summed E-state index contributed by atoms with van der Waals surface area (Å²) in [5.74, 6) is -0.982. The molecule has 2 atom stereocenters. The predicted molar refractivity (Wildman–Crippen MR) is 315 cm³/mol. The van der Waals surface area contributed by atoms with Crippen molar-refractivity contribution in [2.24, 2.45) is 22.7 Å². The maximum Gasteiger partial charge on any atom is 1.00 e. The minimum absolute atomic E-state index is 0. The smallest absolute Gasteiger partial charge is 1.00 e. The number of sulfonamides is 2. The third-order valence-corrected chi connectivity index (χ3v) is 18.3. The van der Waals surface area contributed by atoms with Gasteiger partial charge in [-0.3, -0.25) is 14.4 Å². The zero-order valence-electron chi connectivity index (χ0n) is 52.3. The molecular weight excluding hydrogens is 1360 g/mol. The number of aromatic nitrogens is 6. The quantitative estimate of drug-likeness (QED) is 0.0206. The molecule has 2 aromatic carbocycles. The molecule has 0 spiro atoms. The predicted octanol–water partition coefficient (Wildman–Crippen LogP) is 3.06. The average Bonchev–Trinajstić information content (AvgIpc) is 1.76. The van der Waals surface area contributed by atoms with Gasteiger partial charge in [0.15, 0.2) is 11.6 Å². The molecule has 494 valence electrons. The number of alkyl halides is 6. The number of hydrogen-bond donors (Lipinski definition) is 5. The van der Waals surface area contributed by atoms with Crippen molar-refractivity contribution in [2.45, 2.75) is 126 Å². The molecule has 4 aliphatic rings. The monoisotopic (exact) mass is 1430 g/mol. The van der Waals surface area contributed by atoms with Gasteiger partial charge in [0.25, 0.3) is 38.3 Å². The number of phenols is 2. The van der Waals surface area contributed by atoms with Crippen LogP contribution < -0.4 is 137 Å². The Morgan fingerprint density at radius 3 is 1.48 bits per heavy atom. The first-order valence-corrected chi connectivity index (χ1v) is 31.0. The fraction of sp³-hybridized carbons (Fsp3) is 0.456. The number of para-hydroxylation sites is 2. The molecule has 2 aliphatic heterocycles. The number of ether oxygens (including phenoxy) is 2. The maximum atomic E-state index is 13.4. The zero-order chi connectivity index (χ0) is 65.5. The van der Waals surface area contributed by atoms with Crippen molar-refractivity contribution in [3.05, 3.63) is 114 Å². The SMILES string of the molecule is C[C@@H]1CN(c2nc(-n3ccc(OCCC4(C(F)(F)F)CC4)n3)ccc2C(=O)NS(=O)(=O)c2ccccc2O)C(C)(C)C1.C[C@@H]1CNC(C)(C)C1.Cl.O=C(NS(=O)(=O)c1ccccc1O)c1ccc(-n2ccc(OCCC3(C(F)(F)F)CC3)n2)nc1Cl.O=CO[O-].[H-].[K+].[K+]. The van der Waals surface area contributed by atoms with Crippen molar-refractivity contribution in [2.75, 3.05) is 31.2 Å². The van der Waals surface area contributed by atoms with Crippen LogP contribution in [0.15, 0.2) is 107 Å². The third kappa shape index (κ3) is 20.7. The normalized spacial score (nSPS) is 17.9.